The summed E-state index contributed by atoms with van der Waals surface area (Å²) in [5, 5.41) is 9.32. The molecule has 1 rings (SSSR count). The first kappa shape index (κ1) is 8.53. The molecule has 82 valence electrons. The van der Waals surface area contributed by atoms with Gasteiger partial charge in [0, 0.05) is 6.54 Å². The van der Waals surface area contributed by atoms with Crippen LogP contribution in [0.25, 0.3) is 0 Å². The van der Waals surface area contributed by atoms with Crippen molar-refractivity contribution in [3.63, 3.8) is 0 Å². The van der Waals surface area contributed by atoms with Crippen molar-refractivity contribution in [1.29, 1.82) is 0 Å². The Morgan fingerprint density at radius 1 is 1.71 bits per heavy atom. The molecule has 1 aliphatic heterocycles. The summed E-state index contributed by atoms with van der Waals surface area (Å²) in [5.41, 5.74) is -0.605. The van der Waals surface area contributed by atoms with Crippen LogP contribution in [0.4, 0.5) is 4.79 Å². The third-order valence-corrected chi connectivity index (χ3v) is 2.03. The predicted molar refractivity (Wildman–Crippen MR) is 53.0 cm³/mol. The molecule has 1 aliphatic rings. The van der Waals surface area contributed by atoms with Crippen LogP contribution in [0.2, 0.25) is 0 Å². The lowest BCUT2D eigenvalue weighted by Crippen LogP contribution is -2.41. The van der Waals surface area contributed by atoms with Crippen molar-refractivity contribution in [3.8, 4) is 0 Å². The highest BCUT2D eigenvalue weighted by molar-refractivity contribution is 5.68. The molecular formula is C10H19NO3. The fraction of sp³-hybridized carbons (Fsp3) is 0.900. The molecule has 0 spiro atoms. The maximum absolute atomic E-state index is 11.7. The fourth-order valence-corrected chi connectivity index (χ4v) is 1.44. The second-order valence-corrected chi connectivity index (χ2v) is 4.46. The number of carbonyl (C=O) groups excluding carboxylic acids is 1. The van der Waals surface area contributed by atoms with Crippen molar-refractivity contribution < 1.29 is 17.4 Å². The average molecular weight is 203 g/mol. The highest BCUT2D eigenvalue weighted by Gasteiger charge is 2.31. The SMILES string of the molecule is [2H]C([2H])(O)[C@H]1CCCN1C(=O)OC(C)(C)C. The lowest BCUT2D eigenvalue weighted by Gasteiger charge is -2.27. The molecule has 1 heterocycles. The number of aliphatic hydroxyl groups is 1. The monoisotopic (exact) mass is 203 g/mol. The molecule has 0 aromatic carbocycles. The van der Waals surface area contributed by atoms with E-state index in [4.69, 9.17) is 7.48 Å². The van der Waals surface area contributed by atoms with E-state index in [9.17, 15) is 9.90 Å². The quantitative estimate of drug-likeness (QED) is 0.700. The minimum Gasteiger partial charge on any atom is -0.444 e. The van der Waals surface area contributed by atoms with E-state index in [0.717, 1.165) is 0 Å². The van der Waals surface area contributed by atoms with Gasteiger partial charge in [-0.3, -0.25) is 0 Å². The van der Waals surface area contributed by atoms with Crippen LogP contribution in [0.1, 0.15) is 36.4 Å². The molecular weight excluding hydrogens is 182 g/mol. The van der Waals surface area contributed by atoms with E-state index in [1.165, 1.54) is 4.90 Å². The van der Waals surface area contributed by atoms with Gasteiger partial charge in [-0.15, -0.1) is 0 Å². The fourth-order valence-electron chi connectivity index (χ4n) is 1.44. The third-order valence-electron chi connectivity index (χ3n) is 2.03. The maximum Gasteiger partial charge on any atom is 0.410 e. The zero-order chi connectivity index (χ0) is 12.6. The minimum atomic E-state index is -2.37. The Hall–Kier alpha value is -0.770. The molecule has 0 aliphatic carbocycles. The summed E-state index contributed by atoms with van der Waals surface area (Å²) in [4.78, 5) is 13.0. The van der Waals surface area contributed by atoms with E-state index < -0.39 is 24.3 Å². The summed E-state index contributed by atoms with van der Waals surface area (Å²) in [6, 6.07) is -0.803. The Morgan fingerprint density at radius 3 is 2.86 bits per heavy atom. The molecule has 4 heteroatoms. The minimum absolute atomic E-state index is 0.430. The van der Waals surface area contributed by atoms with Gasteiger partial charge in [0.25, 0.3) is 0 Å². The van der Waals surface area contributed by atoms with E-state index in [1.54, 1.807) is 20.8 Å². The first-order valence-corrected chi connectivity index (χ1v) is 4.83. The van der Waals surface area contributed by atoms with Crippen LogP contribution in [0.3, 0.4) is 0 Å². The second kappa shape index (κ2) is 4.17. The summed E-state index contributed by atoms with van der Waals surface area (Å²) in [7, 11) is 0. The Bertz CT molecular complexity index is 270. The molecule has 1 fully saturated rings. The predicted octanol–water partition coefficient (Wildman–Crippen LogP) is 1.38. The van der Waals surface area contributed by atoms with Crippen molar-refractivity contribution in [2.24, 2.45) is 0 Å². The second-order valence-electron chi connectivity index (χ2n) is 4.46. The van der Waals surface area contributed by atoms with Gasteiger partial charge in [0.2, 0.25) is 0 Å². The van der Waals surface area contributed by atoms with Crippen LogP contribution in [-0.4, -0.2) is 40.8 Å². The maximum atomic E-state index is 11.7. The standard InChI is InChI=1S/C10H19NO3/c1-10(2,3)14-9(13)11-6-4-5-8(11)7-12/h8,12H,4-7H2,1-3H3/t8-/m1/s1/i7D2. The first-order chi connectivity index (χ1) is 7.11. The molecule has 0 radical (unpaired) electrons. The summed E-state index contributed by atoms with van der Waals surface area (Å²) >= 11 is 0. The summed E-state index contributed by atoms with van der Waals surface area (Å²) in [5.74, 6) is 0. The number of hydrogen-bond acceptors (Lipinski definition) is 3. The molecule has 0 aromatic heterocycles. The van der Waals surface area contributed by atoms with Crippen molar-refractivity contribution in [2.75, 3.05) is 13.1 Å². The molecule has 0 unspecified atom stereocenters. The normalized spacial score (nSPS) is 25.7. The van der Waals surface area contributed by atoms with Gasteiger partial charge in [-0.05, 0) is 33.6 Å². The van der Waals surface area contributed by atoms with Gasteiger partial charge in [-0.2, -0.15) is 0 Å². The Labute approximate surface area is 87.7 Å². The van der Waals surface area contributed by atoms with Crippen LogP contribution < -0.4 is 0 Å². The largest absolute Gasteiger partial charge is 0.444 e. The average Bonchev–Trinajstić information content (AvgIpc) is 2.45. The Balaban J connectivity index is 2.69. The van der Waals surface area contributed by atoms with Crippen LogP contribution in [-0.2, 0) is 4.74 Å². The Morgan fingerprint density at radius 2 is 2.36 bits per heavy atom. The molecule has 1 N–H and O–H groups in total. The lowest BCUT2D eigenvalue weighted by molar-refractivity contribution is 0.0176. The molecule has 1 amide bonds. The molecule has 4 nitrogen and oxygen atoms in total. The van der Waals surface area contributed by atoms with Gasteiger partial charge in [0.15, 0.2) is 0 Å². The number of amides is 1. The summed E-state index contributed by atoms with van der Waals surface area (Å²) < 4.78 is 19.7. The topological polar surface area (TPSA) is 49.8 Å². The highest BCUT2D eigenvalue weighted by Crippen LogP contribution is 2.20. The smallest absolute Gasteiger partial charge is 0.410 e. The molecule has 0 saturated carbocycles. The van der Waals surface area contributed by atoms with Crippen molar-refractivity contribution in [1.82, 2.24) is 4.90 Å². The van der Waals surface area contributed by atoms with Gasteiger partial charge in [0.05, 0.1) is 15.3 Å². The molecule has 0 aromatic rings. The molecule has 1 saturated heterocycles. The van der Waals surface area contributed by atoms with E-state index >= 15 is 0 Å². The number of hydrogen-bond donors (Lipinski definition) is 1. The van der Waals surface area contributed by atoms with E-state index in [-0.39, 0.29) is 0 Å². The molecule has 1 atom stereocenters. The van der Waals surface area contributed by atoms with Crippen LogP contribution in [0.5, 0.6) is 0 Å². The third kappa shape index (κ3) is 2.87. The van der Waals surface area contributed by atoms with Gasteiger partial charge in [-0.1, -0.05) is 0 Å². The van der Waals surface area contributed by atoms with Gasteiger partial charge in [0.1, 0.15) is 5.60 Å². The van der Waals surface area contributed by atoms with Crippen LogP contribution >= 0.6 is 0 Å². The summed E-state index contributed by atoms with van der Waals surface area (Å²) in [6.07, 6.45) is 0.583. The highest BCUT2D eigenvalue weighted by atomic mass is 16.6. The zero-order valence-corrected chi connectivity index (χ0v) is 8.91. The van der Waals surface area contributed by atoms with E-state index in [1.807, 2.05) is 0 Å². The van der Waals surface area contributed by atoms with Crippen LogP contribution in [0.15, 0.2) is 0 Å². The van der Waals surface area contributed by atoms with Gasteiger partial charge < -0.3 is 14.7 Å². The molecule has 14 heavy (non-hydrogen) atoms. The van der Waals surface area contributed by atoms with Crippen molar-refractivity contribution in [3.05, 3.63) is 0 Å². The van der Waals surface area contributed by atoms with Crippen molar-refractivity contribution >= 4 is 6.09 Å². The lowest BCUT2D eigenvalue weighted by atomic mass is 10.2. The van der Waals surface area contributed by atoms with Crippen molar-refractivity contribution in [2.45, 2.75) is 45.3 Å². The number of rotatable bonds is 1. The number of nitrogens with zero attached hydrogens (tertiary/aromatic N) is 1. The number of likely N-dealkylation sites (tertiary alicyclic amines) is 1. The number of carbonyl (C=O) groups is 1. The first-order valence-electron chi connectivity index (χ1n) is 5.83. The zero-order valence-electron chi connectivity index (χ0n) is 10.9. The molecule has 0 bridgehead atoms. The van der Waals surface area contributed by atoms with Gasteiger partial charge >= 0.3 is 6.09 Å². The summed E-state index contributed by atoms with van der Waals surface area (Å²) in [6.45, 7) is 3.32. The van der Waals surface area contributed by atoms with E-state index in [0.29, 0.717) is 19.4 Å². The van der Waals surface area contributed by atoms with Crippen LogP contribution in [0, 0.1) is 0 Å². The van der Waals surface area contributed by atoms with E-state index in [2.05, 4.69) is 0 Å². The number of ether oxygens (including phenoxy) is 1. The Kier molecular flexibility index (Phi) is 2.54. The van der Waals surface area contributed by atoms with Gasteiger partial charge in [-0.25, -0.2) is 4.79 Å².